The number of likely N-dealkylation sites (tertiary alicyclic amines) is 1. The van der Waals surface area contributed by atoms with Crippen LogP contribution < -0.4 is 0 Å². The maximum atomic E-state index is 10.1. The van der Waals surface area contributed by atoms with Crippen LogP contribution in [0.5, 0.6) is 0 Å². The molecule has 0 spiro atoms. The summed E-state index contributed by atoms with van der Waals surface area (Å²) in [5.41, 5.74) is 0. The number of nitro groups is 1. The van der Waals surface area contributed by atoms with Crippen LogP contribution in [-0.4, -0.2) is 34.4 Å². The van der Waals surface area contributed by atoms with Crippen LogP contribution in [-0.2, 0) is 0 Å². The van der Waals surface area contributed by atoms with Crippen molar-refractivity contribution in [3.8, 4) is 0 Å². The molecule has 1 aliphatic heterocycles. The van der Waals surface area contributed by atoms with E-state index in [4.69, 9.17) is 0 Å². The van der Waals surface area contributed by atoms with E-state index in [1.165, 1.54) is 4.90 Å². The van der Waals surface area contributed by atoms with Gasteiger partial charge >= 0.3 is 0 Å². The predicted molar refractivity (Wildman–Crippen MR) is 38.4 cm³/mol. The second-order valence-electron chi connectivity index (χ2n) is 2.76. The lowest BCUT2D eigenvalue weighted by Crippen LogP contribution is -2.42. The van der Waals surface area contributed by atoms with Gasteiger partial charge < -0.3 is 5.11 Å². The van der Waals surface area contributed by atoms with Gasteiger partial charge in [-0.2, -0.15) is 0 Å². The van der Waals surface area contributed by atoms with Gasteiger partial charge in [-0.3, -0.25) is 10.1 Å². The molecule has 1 aliphatic rings. The van der Waals surface area contributed by atoms with Crippen LogP contribution in [0.15, 0.2) is 0 Å². The van der Waals surface area contributed by atoms with E-state index in [-0.39, 0.29) is 6.67 Å². The Bertz CT molecular complexity index is 151. The molecule has 0 amide bonds. The fourth-order valence-corrected chi connectivity index (χ4v) is 1.29. The Morgan fingerprint density at radius 2 is 2.36 bits per heavy atom. The largest absolute Gasteiger partial charge is 0.378 e. The van der Waals surface area contributed by atoms with E-state index in [1.807, 2.05) is 0 Å². The van der Waals surface area contributed by atoms with Crippen molar-refractivity contribution in [2.45, 2.75) is 25.5 Å². The molecule has 1 unspecified atom stereocenters. The Kier molecular flexibility index (Phi) is 2.78. The summed E-state index contributed by atoms with van der Waals surface area (Å²) in [5, 5.41) is 19.3. The van der Waals surface area contributed by atoms with Crippen molar-refractivity contribution in [2.75, 3.05) is 13.2 Å². The first-order valence-electron chi connectivity index (χ1n) is 3.74. The van der Waals surface area contributed by atoms with Crippen molar-refractivity contribution in [2.24, 2.45) is 0 Å². The second-order valence-corrected chi connectivity index (χ2v) is 2.76. The molecule has 0 aliphatic carbocycles. The highest BCUT2D eigenvalue weighted by Gasteiger charge is 2.22. The van der Waals surface area contributed by atoms with Gasteiger partial charge in [0.1, 0.15) is 6.23 Å². The van der Waals surface area contributed by atoms with Crippen molar-refractivity contribution >= 4 is 0 Å². The van der Waals surface area contributed by atoms with Crippen molar-refractivity contribution in [3.63, 3.8) is 0 Å². The minimum atomic E-state index is -0.603. The summed E-state index contributed by atoms with van der Waals surface area (Å²) in [6.45, 7) is 0.406. The maximum Gasteiger partial charge on any atom is 0.261 e. The molecule has 1 atom stereocenters. The molecule has 0 aromatic carbocycles. The zero-order chi connectivity index (χ0) is 8.27. The SMILES string of the molecule is O=[N+]([O-])CN1CCCCC1O. The van der Waals surface area contributed by atoms with Crippen molar-refractivity contribution in [3.05, 3.63) is 10.1 Å². The van der Waals surface area contributed by atoms with E-state index < -0.39 is 11.2 Å². The molecule has 0 aromatic rings. The Morgan fingerprint density at radius 1 is 1.64 bits per heavy atom. The number of hydrogen-bond acceptors (Lipinski definition) is 4. The van der Waals surface area contributed by atoms with Gasteiger partial charge in [0, 0.05) is 11.5 Å². The summed E-state index contributed by atoms with van der Waals surface area (Å²) in [6, 6.07) is 0. The third-order valence-electron chi connectivity index (χ3n) is 1.88. The van der Waals surface area contributed by atoms with E-state index in [9.17, 15) is 15.2 Å². The predicted octanol–water partition coefficient (Wildman–Crippen LogP) is 0.0249. The zero-order valence-corrected chi connectivity index (χ0v) is 6.27. The molecule has 1 rings (SSSR count). The van der Waals surface area contributed by atoms with Crippen LogP contribution in [0.4, 0.5) is 0 Å². The summed E-state index contributed by atoms with van der Waals surface area (Å²) in [6.07, 6.45) is 1.97. The first-order chi connectivity index (χ1) is 5.20. The van der Waals surface area contributed by atoms with Crippen molar-refractivity contribution in [1.29, 1.82) is 0 Å². The van der Waals surface area contributed by atoms with Gasteiger partial charge in [-0.05, 0) is 19.3 Å². The smallest absolute Gasteiger partial charge is 0.261 e. The highest BCUT2D eigenvalue weighted by molar-refractivity contribution is 4.65. The first-order valence-corrected chi connectivity index (χ1v) is 3.74. The molecule has 1 N–H and O–H groups in total. The third kappa shape index (κ3) is 2.44. The summed E-state index contributed by atoms with van der Waals surface area (Å²) in [5.74, 6) is 0. The number of nitrogens with zero attached hydrogens (tertiary/aromatic N) is 2. The van der Waals surface area contributed by atoms with Crippen LogP contribution in [0.1, 0.15) is 19.3 Å². The van der Waals surface area contributed by atoms with Crippen LogP contribution in [0.2, 0.25) is 0 Å². The monoisotopic (exact) mass is 160 g/mol. The molecule has 0 aromatic heterocycles. The quantitative estimate of drug-likeness (QED) is 0.457. The Hall–Kier alpha value is -0.680. The summed E-state index contributed by atoms with van der Waals surface area (Å²) >= 11 is 0. The molecule has 1 heterocycles. The number of aliphatic hydroxyl groups is 1. The maximum absolute atomic E-state index is 10.1. The summed E-state index contributed by atoms with van der Waals surface area (Å²) < 4.78 is 0. The molecular formula is C6H12N2O3. The zero-order valence-electron chi connectivity index (χ0n) is 6.27. The molecule has 0 saturated carbocycles. The van der Waals surface area contributed by atoms with Crippen LogP contribution in [0.25, 0.3) is 0 Å². The number of rotatable bonds is 2. The fourth-order valence-electron chi connectivity index (χ4n) is 1.29. The number of hydrogen-bond donors (Lipinski definition) is 1. The van der Waals surface area contributed by atoms with E-state index in [1.54, 1.807) is 0 Å². The molecule has 11 heavy (non-hydrogen) atoms. The Balaban J connectivity index is 2.35. The number of piperidine rings is 1. The van der Waals surface area contributed by atoms with Crippen LogP contribution >= 0.6 is 0 Å². The van der Waals surface area contributed by atoms with Crippen molar-refractivity contribution in [1.82, 2.24) is 4.90 Å². The Labute approximate surface area is 64.8 Å². The molecule has 0 bridgehead atoms. The minimum Gasteiger partial charge on any atom is -0.378 e. The molecule has 5 nitrogen and oxygen atoms in total. The van der Waals surface area contributed by atoms with E-state index in [0.717, 1.165) is 12.8 Å². The molecule has 1 fully saturated rings. The first kappa shape index (κ1) is 8.42. The average molecular weight is 160 g/mol. The van der Waals surface area contributed by atoms with E-state index in [0.29, 0.717) is 13.0 Å². The molecule has 5 heteroatoms. The lowest BCUT2D eigenvalue weighted by Gasteiger charge is -2.27. The fraction of sp³-hybridized carbons (Fsp3) is 1.00. The third-order valence-corrected chi connectivity index (χ3v) is 1.88. The topological polar surface area (TPSA) is 66.6 Å². The van der Waals surface area contributed by atoms with E-state index >= 15 is 0 Å². The second kappa shape index (κ2) is 3.64. The summed E-state index contributed by atoms with van der Waals surface area (Å²) in [7, 11) is 0. The highest BCUT2D eigenvalue weighted by Crippen LogP contribution is 2.13. The summed E-state index contributed by atoms with van der Waals surface area (Å²) in [4.78, 5) is 11.1. The highest BCUT2D eigenvalue weighted by atomic mass is 16.6. The molecular weight excluding hydrogens is 148 g/mol. The van der Waals surface area contributed by atoms with Gasteiger partial charge in [-0.25, -0.2) is 4.90 Å². The van der Waals surface area contributed by atoms with E-state index in [2.05, 4.69) is 0 Å². The van der Waals surface area contributed by atoms with Crippen LogP contribution in [0, 0.1) is 10.1 Å². The van der Waals surface area contributed by atoms with Gasteiger partial charge in [0.2, 0.25) is 0 Å². The van der Waals surface area contributed by atoms with Crippen LogP contribution in [0.3, 0.4) is 0 Å². The Morgan fingerprint density at radius 3 is 2.91 bits per heavy atom. The van der Waals surface area contributed by atoms with Gasteiger partial charge in [0.15, 0.2) is 0 Å². The van der Waals surface area contributed by atoms with Gasteiger partial charge in [0.25, 0.3) is 6.67 Å². The molecule has 1 saturated heterocycles. The standard InChI is InChI=1S/C6H12N2O3/c9-6-3-1-2-4-7(6)5-8(10)11/h6,9H,1-5H2. The molecule has 0 radical (unpaired) electrons. The van der Waals surface area contributed by atoms with Crippen molar-refractivity contribution < 1.29 is 10.0 Å². The molecule has 64 valence electrons. The van der Waals surface area contributed by atoms with Gasteiger partial charge in [0.05, 0.1) is 0 Å². The van der Waals surface area contributed by atoms with Gasteiger partial charge in [-0.15, -0.1) is 0 Å². The average Bonchev–Trinajstić information content (AvgIpc) is 1.93. The lowest BCUT2D eigenvalue weighted by molar-refractivity contribution is -0.510. The number of aliphatic hydroxyl groups excluding tert-OH is 1. The lowest BCUT2D eigenvalue weighted by atomic mass is 10.1. The minimum absolute atomic E-state index is 0.235. The normalized spacial score (nSPS) is 26.8. The van der Waals surface area contributed by atoms with Gasteiger partial charge in [-0.1, -0.05) is 0 Å².